The Labute approximate surface area is 247 Å². The predicted octanol–water partition coefficient (Wildman–Crippen LogP) is 5.04. The van der Waals surface area contributed by atoms with E-state index in [0.29, 0.717) is 6.61 Å². The van der Waals surface area contributed by atoms with Gasteiger partial charge in [0.15, 0.2) is 6.29 Å². The fraction of sp³-hybridized carbons (Fsp3) is 0.314. The van der Waals surface area contributed by atoms with Crippen LogP contribution in [0.1, 0.15) is 22.3 Å². The van der Waals surface area contributed by atoms with Crippen LogP contribution in [0.2, 0.25) is 0 Å². The second-order valence-corrected chi connectivity index (χ2v) is 10.3. The zero-order chi connectivity index (χ0) is 29.0. The third-order valence-electron chi connectivity index (χ3n) is 7.21. The summed E-state index contributed by atoms with van der Waals surface area (Å²) in [5, 5.41) is 20.9. The first-order chi connectivity index (χ1) is 20.7. The highest BCUT2D eigenvalue weighted by molar-refractivity contribution is 5.16. The van der Waals surface area contributed by atoms with Gasteiger partial charge in [0, 0.05) is 0 Å². The lowest BCUT2D eigenvalue weighted by atomic mass is 9.94. The van der Waals surface area contributed by atoms with Crippen molar-refractivity contribution in [2.24, 2.45) is 0 Å². The van der Waals surface area contributed by atoms with E-state index < -0.39 is 43.4 Å². The Bertz CT molecular complexity index is 1290. The van der Waals surface area contributed by atoms with Crippen molar-refractivity contribution in [2.75, 3.05) is 6.61 Å². The molecule has 2 N–H and O–H groups in total. The molecular formula is C35H38O7. The molecule has 0 amide bonds. The first kappa shape index (κ1) is 30.1. The molecule has 1 aliphatic heterocycles. The van der Waals surface area contributed by atoms with E-state index in [1.807, 2.05) is 121 Å². The number of benzene rings is 4. The lowest BCUT2D eigenvalue weighted by Gasteiger charge is -2.47. The summed E-state index contributed by atoms with van der Waals surface area (Å²) in [5.74, 6) is 0. The van der Waals surface area contributed by atoms with Crippen molar-refractivity contribution in [1.82, 2.24) is 0 Å². The lowest BCUT2D eigenvalue weighted by molar-refractivity contribution is -0.337. The van der Waals surface area contributed by atoms with Crippen molar-refractivity contribution in [3.05, 3.63) is 144 Å². The molecule has 7 heteroatoms. The van der Waals surface area contributed by atoms with Crippen molar-refractivity contribution in [3.8, 4) is 0 Å². The Hall–Kier alpha value is -3.40. The van der Waals surface area contributed by atoms with E-state index in [0.717, 1.165) is 22.3 Å². The Morgan fingerprint density at radius 2 is 0.857 bits per heavy atom. The maximum absolute atomic E-state index is 10.9. The summed E-state index contributed by atoms with van der Waals surface area (Å²) >= 11 is 0. The molecule has 1 heterocycles. The summed E-state index contributed by atoms with van der Waals surface area (Å²) in [6, 6.07) is 39.3. The number of hydrogen-bond acceptors (Lipinski definition) is 7. The van der Waals surface area contributed by atoms with Gasteiger partial charge >= 0.3 is 0 Å². The Balaban J connectivity index is 1.45. The third kappa shape index (κ3) is 8.33. The normalized spacial score (nSPS) is 23.0. The van der Waals surface area contributed by atoms with Gasteiger partial charge in [-0.15, -0.1) is 0 Å². The molecule has 1 fully saturated rings. The molecule has 4 aromatic carbocycles. The highest BCUT2D eigenvalue weighted by Crippen LogP contribution is 2.33. The van der Waals surface area contributed by atoms with Gasteiger partial charge in [-0.05, 0) is 22.3 Å². The number of ether oxygens (including phenoxy) is 5. The van der Waals surface area contributed by atoms with Gasteiger partial charge in [-0.3, -0.25) is 0 Å². The SMILES string of the molecule is OCC(O)[C@H]1O[C@H](OCc2ccccc2)[C@H](OCc2ccccc2)[C@@H](OCc2ccccc2)[C@@H]1OCc1ccccc1. The van der Waals surface area contributed by atoms with Crippen LogP contribution >= 0.6 is 0 Å². The van der Waals surface area contributed by atoms with E-state index in [9.17, 15) is 10.2 Å². The smallest absolute Gasteiger partial charge is 0.187 e. The van der Waals surface area contributed by atoms with Crippen LogP contribution in [0, 0.1) is 0 Å². The van der Waals surface area contributed by atoms with Crippen LogP contribution in [0.25, 0.3) is 0 Å². The Morgan fingerprint density at radius 3 is 1.26 bits per heavy atom. The van der Waals surface area contributed by atoms with Crippen molar-refractivity contribution in [3.63, 3.8) is 0 Å². The topological polar surface area (TPSA) is 86.6 Å². The predicted molar refractivity (Wildman–Crippen MR) is 158 cm³/mol. The fourth-order valence-electron chi connectivity index (χ4n) is 4.99. The maximum Gasteiger partial charge on any atom is 0.187 e. The van der Waals surface area contributed by atoms with Gasteiger partial charge in [0.05, 0.1) is 33.0 Å². The van der Waals surface area contributed by atoms with Gasteiger partial charge in [-0.1, -0.05) is 121 Å². The van der Waals surface area contributed by atoms with Gasteiger partial charge in [0.2, 0.25) is 0 Å². The zero-order valence-electron chi connectivity index (χ0n) is 23.5. The molecular weight excluding hydrogens is 532 g/mol. The Kier molecular flexibility index (Phi) is 11.3. The molecule has 1 aliphatic rings. The highest BCUT2D eigenvalue weighted by atomic mass is 16.7. The number of aliphatic hydroxyl groups is 2. The minimum absolute atomic E-state index is 0.260. The number of rotatable bonds is 14. The molecule has 4 aromatic rings. The van der Waals surface area contributed by atoms with Crippen LogP contribution in [0.5, 0.6) is 0 Å². The second-order valence-electron chi connectivity index (χ2n) is 10.3. The average Bonchev–Trinajstić information content (AvgIpc) is 3.06. The molecule has 220 valence electrons. The van der Waals surface area contributed by atoms with Gasteiger partial charge in [0.25, 0.3) is 0 Å². The molecule has 6 atom stereocenters. The van der Waals surface area contributed by atoms with Crippen molar-refractivity contribution in [1.29, 1.82) is 0 Å². The molecule has 7 nitrogen and oxygen atoms in total. The van der Waals surface area contributed by atoms with Crippen LogP contribution in [-0.2, 0) is 50.1 Å². The molecule has 0 radical (unpaired) electrons. The van der Waals surface area contributed by atoms with Crippen LogP contribution in [0.15, 0.2) is 121 Å². The van der Waals surface area contributed by atoms with E-state index in [4.69, 9.17) is 23.7 Å². The van der Waals surface area contributed by atoms with Crippen molar-refractivity contribution < 1.29 is 33.9 Å². The largest absolute Gasteiger partial charge is 0.394 e. The molecule has 0 saturated carbocycles. The number of hydrogen-bond donors (Lipinski definition) is 2. The van der Waals surface area contributed by atoms with E-state index in [2.05, 4.69) is 0 Å². The lowest BCUT2D eigenvalue weighted by Crippen LogP contribution is -2.63. The van der Waals surface area contributed by atoms with Crippen LogP contribution < -0.4 is 0 Å². The standard InChI is InChI=1S/C35H38O7/c36-21-30(37)31-32(38-22-26-13-5-1-6-14-26)33(39-23-27-15-7-2-8-16-27)34(40-24-28-17-9-3-10-18-28)35(42-31)41-25-29-19-11-4-12-20-29/h1-20,30-37H,21-25H2/t30?,31-,32-,33+,34-,35+/m1/s1. The summed E-state index contributed by atoms with van der Waals surface area (Å²) in [6.07, 6.45) is -5.24. The fourth-order valence-corrected chi connectivity index (χ4v) is 4.99. The molecule has 0 aromatic heterocycles. The molecule has 42 heavy (non-hydrogen) atoms. The third-order valence-corrected chi connectivity index (χ3v) is 7.21. The van der Waals surface area contributed by atoms with Gasteiger partial charge in [-0.25, -0.2) is 0 Å². The first-order valence-electron chi connectivity index (χ1n) is 14.3. The van der Waals surface area contributed by atoms with E-state index in [1.54, 1.807) is 0 Å². The number of aliphatic hydroxyl groups excluding tert-OH is 2. The summed E-state index contributed by atoms with van der Waals surface area (Å²) in [5.41, 5.74) is 3.89. The van der Waals surface area contributed by atoms with Gasteiger partial charge in [-0.2, -0.15) is 0 Å². The summed E-state index contributed by atoms with van der Waals surface area (Å²) in [4.78, 5) is 0. The molecule has 5 rings (SSSR count). The van der Waals surface area contributed by atoms with Crippen LogP contribution in [-0.4, -0.2) is 53.6 Å². The molecule has 0 spiro atoms. The minimum Gasteiger partial charge on any atom is -0.394 e. The van der Waals surface area contributed by atoms with Gasteiger partial charge < -0.3 is 33.9 Å². The van der Waals surface area contributed by atoms with Crippen LogP contribution in [0.3, 0.4) is 0 Å². The van der Waals surface area contributed by atoms with E-state index >= 15 is 0 Å². The zero-order valence-corrected chi connectivity index (χ0v) is 23.5. The van der Waals surface area contributed by atoms with Crippen molar-refractivity contribution in [2.45, 2.75) is 63.2 Å². The van der Waals surface area contributed by atoms with Gasteiger partial charge in [0.1, 0.15) is 30.5 Å². The Morgan fingerprint density at radius 1 is 0.500 bits per heavy atom. The summed E-state index contributed by atoms with van der Waals surface area (Å²) in [7, 11) is 0. The average molecular weight is 571 g/mol. The first-order valence-corrected chi connectivity index (χ1v) is 14.3. The quantitative estimate of drug-likeness (QED) is 0.220. The minimum atomic E-state index is -1.23. The molecule has 1 saturated heterocycles. The maximum atomic E-state index is 10.9. The van der Waals surface area contributed by atoms with E-state index in [1.165, 1.54) is 0 Å². The highest BCUT2D eigenvalue weighted by Gasteiger charge is 2.51. The summed E-state index contributed by atoms with van der Waals surface area (Å²) in [6.45, 7) is 0.594. The van der Waals surface area contributed by atoms with Crippen LogP contribution in [0.4, 0.5) is 0 Å². The van der Waals surface area contributed by atoms with E-state index in [-0.39, 0.29) is 19.8 Å². The summed E-state index contributed by atoms with van der Waals surface area (Å²) < 4.78 is 32.2. The molecule has 0 aliphatic carbocycles. The van der Waals surface area contributed by atoms with Crippen molar-refractivity contribution >= 4 is 0 Å². The monoisotopic (exact) mass is 570 g/mol. The molecule has 0 bridgehead atoms. The second kappa shape index (κ2) is 15.7. The molecule has 1 unspecified atom stereocenters.